The normalized spacial score (nSPS) is 12.5. The summed E-state index contributed by atoms with van der Waals surface area (Å²) < 4.78 is 11.2. The molecule has 6 heteroatoms. The lowest BCUT2D eigenvalue weighted by Gasteiger charge is -2.04. The molecule has 18 heavy (non-hydrogen) atoms. The largest absolute Gasteiger partial charge is 0.351 e. The molecule has 96 valence electrons. The first-order chi connectivity index (χ1) is 8.70. The molecule has 5 nitrogen and oxygen atoms in total. The summed E-state index contributed by atoms with van der Waals surface area (Å²) in [5, 5.41) is 10.4. The van der Waals surface area contributed by atoms with Crippen LogP contribution < -0.4 is 5.32 Å². The predicted octanol–water partition coefficient (Wildman–Crippen LogP) is 1.06. The Labute approximate surface area is 107 Å². The molecule has 1 heterocycles. The van der Waals surface area contributed by atoms with Gasteiger partial charge in [-0.15, -0.1) is 0 Å². The zero-order valence-corrected chi connectivity index (χ0v) is 10.9. The molecule has 2 aromatic rings. The van der Waals surface area contributed by atoms with Gasteiger partial charge < -0.3 is 5.32 Å². The Bertz CT molecular complexity index is 579. The van der Waals surface area contributed by atoms with Crippen LogP contribution in [-0.4, -0.2) is 38.4 Å². The zero-order valence-electron chi connectivity index (χ0n) is 10.1. The summed E-state index contributed by atoms with van der Waals surface area (Å²) in [6.07, 6.45) is 1.71. The van der Waals surface area contributed by atoms with E-state index in [1.165, 1.54) is 0 Å². The highest BCUT2D eigenvalue weighted by Gasteiger charge is 2.07. The van der Waals surface area contributed by atoms with Crippen molar-refractivity contribution in [3.05, 3.63) is 30.0 Å². The summed E-state index contributed by atoms with van der Waals surface area (Å²) in [6.45, 7) is 2.30. The van der Waals surface area contributed by atoms with Crippen LogP contribution in [0.25, 0.3) is 10.9 Å². The minimum absolute atomic E-state index is 0.153. The van der Waals surface area contributed by atoms with E-state index in [4.69, 9.17) is 0 Å². The standard InChI is InChI=1S/C12H15N3O2S/c1-2-18(17)6-5-13-12(16)9-3-4-10-8-14-15-11(10)7-9/h3-4,7-8H,2,5-6H2,1H3,(H,13,16)(H,14,15). The van der Waals surface area contributed by atoms with Gasteiger partial charge in [-0.1, -0.05) is 13.0 Å². The van der Waals surface area contributed by atoms with Gasteiger partial charge in [-0.25, -0.2) is 0 Å². The first-order valence-electron chi connectivity index (χ1n) is 5.77. The highest BCUT2D eigenvalue weighted by Crippen LogP contribution is 2.12. The van der Waals surface area contributed by atoms with Gasteiger partial charge in [-0.05, 0) is 12.1 Å². The molecule has 1 amide bonds. The molecule has 1 unspecified atom stereocenters. The molecular formula is C12H15N3O2S. The molecule has 0 saturated carbocycles. The fraction of sp³-hybridized carbons (Fsp3) is 0.333. The van der Waals surface area contributed by atoms with E-state index >= 15 is 0 Å². The highest BCUT2D eigenvalue weighted by atomic mass is 32.2. The Morgan fingerprint density at radius 3 is 3.11 bits per heavy atom. The van der Waals surface area contributed by atoms with E-state index < -0.39 is 10.8 Å². The van der Waals surface area contributed by atoms with Crippen molar-refractivity contribution in [3.8, 4) is 0 Å². The minimum Gasteiger partial charge on any atom is -0.351 e. The molecule has 0 aliphatic rings. The van der Waals surface area contributed by atoms with Crippen molar-refractivity contribution >= 4 is 27.6 Å². The lowest BCUT2D eigenvalue weighted by atomic mass is 10.1. The van der Waals surface area contributed by atoms with Crippen LogP contribution in [0.15, 0.2) is 24.4 Å². The van der Waals surface area contributed by atoms with Crippen LogP contribution in [0.1, 0.15) is 17.3 Å². The number of nitrogens with zero attached hydrogens (tertiary/aromatic N) is 1. The number of carbonyl (C=O) groups is 1. The third-order valence-electron chi connectivity index (χ3n) is 2.64. The van der Waals surface area contributed by atoms with E-state index in [0.717, 1.165) is 10.9 Å². The van der Waals surface area contributed by atoms with E-state index in [2.05, 4.69) is 15.5 Å². The molecular weight excluding hydrogens is 250 g/mol. The number of amides is 1. The van der Waals surface area contributed by atoms with E-state index in [0.29, 0.717) is 23.6 Å². The first kappa shape index (κ1) is 12.8. The topological polar surface area (TPSA) is 74.8 Å². The fourth-order valence-corrected chi connectivity index (χ4v) is 2.22. The number of rotatable bonds is 5. The van der Waals surface area contributed by atoms with Crippen LogP contribution in [0, 0.1) is 0 Å². The number of benzene rings is 1. The lowest BCUT2D eigenvalue weighted by molar-refractivity contribution is 0.0956. The monoisotopic (exact) mass is 265 g/mol. The Balaban J connectivity index is 1.97. The molecule has 1 atom stereocenters. The SMILES string of the molecule is CCS(=O)CCNC(=O)c1ccc2cn[nH]c2c1. The van der Waals surface area contributed by atoms with Crippen molar-refractivity contribution in [2.45, 2.75) is 6.92 Å². The smallest absolute Gasteiger partial charge is 0.251 e. The van der Waals surface area contributed by atoms with Gasteiger partial charge in [0.05, 0.1) is 11.7 Å². The van der Waals surface area contributed by atoms with Crippen molar-refractivity contribution in [1.82, 2.24) is 15.5 Å². The Morgan fingerprint density at radius 2 is 2.33 bits per heavy atom. The van der Waals surface area contributed by atoms with Gasteiger partial charge in [0.2, 0.25) is 0 Å². The maximum atomic E-state index is 11.8. The van der Waals surface area contributed by atoms with Gasteiger partial charge in [0.15, 0.2) is 0 Å². The number of hydrogen-bond acceptors (Lipinski definition) is 3. The third kappa shape index (κ3) is 2.95. The lowest BCUT2D eigenvalue weighted by Crippen LogP contribution is -2.27. The molecule has 0 aliphatic carbocycles. The molecule has 0 radical (unpaired) electrons. The zero-order chi connectivity index (χ0) is 13.0. The highest BCUT2D eigenvalue weighted by molar-refractivity contribution is 7.84. The molecule has 0 spiro atoms. The van der Waals surface area contributed by atoms with Gasteiger partial charge >= 0.3 is 0 Å². The summed E-state index contributed by atoms with van der Waals surface area (Å²) in [6, 6.07) is 5.36. The maximum Gasteiger partial charge on any atom is 0.251 e. The minimum atomic E-state index is -0.847. The molecule has 0 saturated heterocycles. The summed E-state index contributed by atoms with van der Waals surface area (Å²) in [5.74, 6) is 0.962. The molecule has 1 aromatic carbocycles. The molecule has 0 bridgehead atoms. The Kier molecular flexibility index (Phi) is 4.09. The second-order valence-electron chi connectivity index (χ2n) is 3.86. The van der Waals surface area contributed by atoms with Crippen LogP contribution in [0.4, 0.5) is 0 Å². The molecule has 2 rings (SSSR count). The van der Waals surface area contributed by atoms with Crippen LogP contribution in [0.5, 0.6) is 0 Å². The number of aromatic nitrogens is 2. The van der Waals surface area contributed by atoms with Crippen molar-refractivity contribution in [2.75, 3.05) is 18.1 Å². The van der Waals surface area contributed by atoms with E-state index in [1.54, 1.807) is 18.3 Å². The average molecular weight is 265 g/mol. The Morgan fingerprint density at radius 1 is 1.50 bits per heavy atom. The van der Waals surface area contributed by atoms with Crippen molar-refractivity contribution in [3.63, 3.8) is 0 Å². The number of hydrogen-bond donors (Lipinski definition) is 2. The second kappa shape index (κ2) is 5.77. The molecule has 0 aliphatic heterocycles. The van der Waals surface area contributed by atoms with Gasteiger partial charge in [0.25, 0.3) is 5.91 Å². The number of H-pyrrole nitrogens is 1. The van der Waals surface area contributed by atoms with Gasteiger partial charge in [-0.2, -0.15) is 5.10 Å². The van der Waals surface area contributed by atoms with E-state index in [1.807, 2.05) is 13.0 Å². The number of carbonyl (C=O) groups excluding carboxylic acids is 1. The molecule has 0 fully saturated rings. The predicted molar refractivity (Wildman–Crippen MR) is 72.0 cm³/mol. The molecule has 1 aromatic heterocycles. The summed E-state index contributed by atoms with van der Waals surface area (Å²) in [5.41, 5.74) is 1.41. The fourth-order valence-electron chi connectivity index (χ4n) is 1.60. The van der Waals surface area contributed by atoms with Crippen molar-refractivity contribution in [2.24, 2.45) is 0 Å². The van der Waals surface area contributed by atoms with Crippen LogP contribution in [0.2, 0.25) is 0 Å². The summed E-state index contributed by atoms with van der Waals surface area (Å²) in [7, 11) is -0.847. The second-order valence-corrected chi connectivity index (χ2v) is 5.73. The van der Waals surface area contributed by atoms with Gasteiger partial charge in [0.1, 0.15) is 0 Å². The summed E-state index contributed by atoms with van der Waals surface area (Å²) in [4.78, 5) is 11.8. The van der Waals surface area contributed by atoms with Gasteiger partial charge in [0, 0.05) is 39.8 Å². The van der Waals surface area contributed by atoms with Gasteiger partial charge in [-0.3, -0.25) is 14.1 Å². The van der Waals surface area contributed by atoms with Crippen molar-refractivity contribution < 1.29 is 9.00 Å². The van der Waals surface area contributed by atoms with Crippen LogP contribution in [-0.2, 0) is 10.8 Å². The number of fused-ring (bicyclic) bond motifs is 1. The third-order valence-corrected chi connectivity index (χ3v) is 3.94. The molecule has 2 N–H and O–H groups in total. The van der Waals surface area contributed by atoms with E-state index in [9.17, 15) is 9.00 Å². The van der Waals surface area contributed by atoms with Crippen molar-refractivity contribution in [1.29, 1.82) is 0 Å². The Hall–Kier alpha value is -1.69. The number of aromatic amines is 1. The first-order valence-corrected chi connectivity index (χ1v) is 7.26. The van der Waals surface area contributed by atoms with Crippen LogP contribution >= 0.6 is 0 Å². The van der Waals surface area contributed by atoms with Crippen LogP contribution in [0.3, 0.4) is 0 Å². The van der Waals surface area contributed by atoms with E-state index in [-0.39, 0.29) is 5.91 Å². The quantitative estimate of drug-likeness (QED) is 0.849. The number of nitrogens with one attached hydrogen (secondary N) is 2. The summed E-state index contributed by atoms with van der Waals surface area (Å²) >= 11 is 0. The average Bonchev–Trinajstić information content (AvgIpc) is 2.85. The maximum absolute atomic E-state index is 11.8.